The van der Waals surface area contributed by atoms with Gasteiger partial charge in [0.25, 0.3) is 11.8 Å². The molecule has 2 aromatic carbocycles. The number of ether oxygens (including phenoxy) is 1. The lowest BCUT2D eigenvalue weighted by Crippen LogP contribution is -2.21. The van der Waals surface area contributed by atoms with Gasteiger partial charge in [0, 0.05) is 18.3 Å². The molecule has 5 nitrogen and oxygen atoms in total. The molecule has 22 heavy (non-hydrogen) atoms. The molecule has 0 saturated carbocycles. The Hall–Kier alpha value is -2.53. The van der Waals surface area contributed by atoms with Gasteiger partial charge in [-0.3, -0.25) is 9.59 Å². The molecule has 2 N–H and O–H groups in total. The van der Waals surface area contributed by atoms with Crippen molar-refractivity contribution in [2.45, 2.75) is 0 Å². The number of hydrogen-bond donors (Lipinski definition) is 2. The molecule has 0 radical (unpaired) electrons. The minimum atomic E-state index is -0.339. The zero-order valence-electron chi connectivity index (χ0n) is 11.9. The minimum absolute atomic E-state index is 0.173. The average Bonchev–Trinajstić information content (AvgIpc) is 2.53. The monoisotopic (exact) mass is 318 g/mol. The Bertz CT molecular complexity index is 689. The Morgan fingerprint density at radius 3 is 2.64 bits per heavy atom. The van der Waals surface area contributed by atoms with Crippen molar-refractivity contribution in [3.8, 4) is 5.75 Å². The van der Waals surface area contributed by atoms with Gasteiger partial charge >= 0.3 is 0 Å². The van der Waals surface area contributed by atoms with E-state index in [9.17, 15) is 9.59 Å². The number of rotatable bonds is 5. The van der Waals surface area contributed by atoms with E-state index < -0.39 is 0 Å². The van der Waals surface area contributed by atoms with Gasteiger partial charge in [0.1, 0.15) is 5.75 Å². The van der Waals surface area contributed by atoms with Crippen molar-refractivity contribution in [1.82, 2.24) is 5.32 Å². The summed E-state index contributed by atoms with van der Waals surface area (Å²) in [5.41, 5.74) is 0.987. The van der Waals surface area contributed by atoms with Gasteiger partial charge in [0.05, 0.1) is 5.02 Å². The highest BCUT2D eigenvalue weighted by atomic mass is 35.5. The molecule has 114 valence electrons. The second-order valence-corrected chi connectivity index (χ2v) is 4.83. The zero-order chi connectivity index (χ0) is 15.9. The molecular weight excluding hydrogens is 304 g/mol. The number of anilines is 1. The average molecular weight is 319 g/mol. The summed E-state index contributed by atoms with van der Waals surface area (Å²) in [4.78, 5) is 23.4. The van der Waals surface area contributed by atoms with E-state index in [-0.39, 0.29) is 18.4 Å². The second-order valence-electron chi connectivity index (χ2n) is 4.43. The molecule has 2 aromatic rings. The van der Waals surface area contributed by atoms with E-state index in [0.29, 0.717) is 22.0 Å². The smallest absolute Gasteiger partial charge is 0.262 e. The summed E-state index contributed by atoms with van der Waals surface area (Å²) in [6, 6.07) is 13.5. The van der Waals surface area contributed by atoms with Crippen molar-refractivity contribution in [3.05, 3.63) is 59.1 Å². The fourth-order valence-corrected chi connectivity index (χ4v) is 1.97. The highest BCUT2D eigenvalue weighted by molar-refractivity contribution is 6.32. The summed E-state index contributed by atoms with van der Waals surface area (Å²) in [5.74, 6) is -0.115. The van der Waals surface area contributed by atoms with Crippen LogP contribution < -0.4 is 15.4 Å². The van der Waals surface area contributed by atoms with Crippen LogP contribution in [0.25, 0.3) is 0 Å². The van der Waals surface area contributed by atoms with Gasteiger partial charge in [-0.2, -0.15) is 0 Å². The molecule has 6 heteroatoms. The molecular formula is C16H15ClN2O3. The summed E-state index contributed by atoms with van der Waals surface area (Å²) in [6.45, 7) is -0.173. The first-order valence-electron chi connectivity index (χ1n) is 6.59. The Labute approximate surface area is 133 Å². The van der Waals surface area contributed by atoms with E-state index in [1.54, 1.807) is 55.6 Å². The van der Waals surface area contributed by atoms with Crippen LogP contribution in [0, 0.1) is 0 Å². The van der Waals surface area contributed by atoms with Crippen LogP contribution in [-0.4, -0.2) is 25.5 Å². The van der Waals surface area contributed by atoms with E-state index in [0.717, 1.165) is 0 Å². The quantitative estimate of drug-likeness (QED) is 0.890. The first kappa shape index (κ1) is 15.9. The summed E-state index contributed by atoms with van der Waals surface area (Å²) in [7, 11) is 1.55. The zero-order valence-corrected chi connectivity index (χ0v) is 12.7. The molecule has 0 atom stereocenters. The van der Waals surface area contributed by atoms with Crippen molar-refractivity contribution in [1.29, 1.82) is 0 Å². The van der Waals surface area contributed by atoms with Gasteiger partial charge in [-0.25, -0.2) is 0 Å². The number of amides is 2. The summed E-state index contributed by atoms with van der Waals surface area (Å²) in [6.07, 6.45) is 0. The Balaban J connectivity index is 1.95. The number of halogens is 1. The molecule has 2 rings (SSSR count). The van der Waals surface area contributed by atoms with Crippen molar-refractivity contribution in [2.24, 2.45) is 0 Å². The summed E-state index contributed by atoms with van der Waals surface area (Å²) < 4.78 is 5.35. The first-order chi connectivity index (χ1) is 10.6. The van der Waals surface area contributed by atoms with Gasteiger partial charge < -0.3 is 15.4 Å². The molecule has 0 aromatic heterocycles. The first-order valence-corrected chi connectivity index (χ1v) is 6.97. The van der Waals surface area contributed by atoms with Crippen LogP contribution in [-0.2, 0) is 4.79 Å². The minimum Gasteiger partial charge on any atom is -0.482 e. The molecule has 0 aliphatic carbocycles. The molecule has 0 saturated heterocycles. The van der Waals surface area contributed by atoms with Crippen molar-refractivity contribution < 1.29 is 14.3 Å². The Kier molecular flexibility index (Phi) is 5.38. The predicted molar refractivity (Wildman–Crippen MR) is 85.4 cm³/mol. The van der Waals surface area contributed by atoms with Crippen LogP contribution in [0.1, 0.15) is 10.4 Å². The highest BCUT2D eigenvalue weighted by Crippen LogP contribution is 2.23. The molecule has 0 bridgehead atoms. The van der Waals surface area contributed by atoms with Crippen molar-refractivity contribution in [2.75, 3.05) is 19.0 Å². The molecule has 0 aliphatic heterocycles. The van der Waals surface area contributed by atoms with Gasteiger partial charge in [0.15, 0.2) is 6.61 Å². The molecule has 0 spiro atoms. The van der Waals surface area contributed by atoms with Crippen LogP contribution >= 0.6 is 11.6 Å². The van der Waals surface area contributed by atoms with Crippen LogP contribution in [0.2, 0.25) is 5.02 Å². The van der Waals surface area contributed by atoms with E-state index in [1.165, 1.54) is 0 Å². The van der Waals surface area contributed by atoms with Crippen molar-refractivity contribution in [3.63, 3.8) is 0 Å². The van der Waals surface area contributed by atoms with Crippen LogP contribution in [0.3, 0.4) is 0 Å². The standard InChI is InChI=1S/C16H15ClN2O3/c1-18-16(21)11-5-4-6-12(9-11)19-15(20)10-22-14-8-3-2-7-13(14)17/h2-9H,10H2,1H3,(H,18,21)(H,19,20). The number of carbonyl (C=O) groups is 2. The number of hydrogen-bond acceptors (Lipinski definition) is 3. The fraction of sp³-hybridized carbons (Fsp3) is 0.125. The number of nitrogens with one attached hydrogen (secondary N) is 2. The van der Waals surface area contributed by atoms with Gasteiger partial charge in [-0.05, 0) is 30.3 Å². The topological polar surface area (TPSA) is 67.4 Å². The largest absolute Gasteiger partial charge is 0.482 e. The normalized spacial score (nSPS) is 9.91. The Morgan fingerprint density at radius 2 is 1.91 bits per heavy atom. The lowest BCUT2D eigenvalue weighted by molar-refractivity contribution is -0.118. The lowest BCUT2D eigenvalue weighted by atomic mass is 10.2. The summed E-state index contributed by atoms with van der Waals surface area (Å²) in [5, 5.41) is 5.63. The van der Waals surface area contributed by atoms with E-state index in [1.807, 2.05) is 0 Å². The molecule has 0 fully saturated rings. The number of benzene rings is 2. The van der Waals surface area contributed by atoms with Crippen LogP contribution in [0.4, 0.5) is 5.69 Å². The molecule has 2 amide bonds. The summed E-state index contributed by atoms with van der Waals surface area (Å²) >= 11 is 5.94. The molecule has 0 heterocycles. The third-order valence-corrected chi connectivity index (χ3v) is 3.14. The van der Waals surface area contributed by atoms with Gasteiger partial charge in [0.2, 0.25) is 0 Å². The maximum atomic E-state index is 11.9. The van der Waals surface area contributed by atoms with Gasteiger partial charge in [-0.1, -0.05) is 29.8 Å². The van der Waals surface area contributed by atoms with E-state index >= 15 is 0 Å². The van der Waals surface area contributed by atoms with Gasteiger partial charge in [-0.15, -0.1) is 0 Å². The predicted octanol–water partition coefficient (Wildman–Crippen LogP) is 2.72. The van der Waals surface area contributed by atoms with E-state index in [2.05, 4.69) is 10.6 Å². The Morgan fingerprint density at radius 1 is 1.14 bits per heavy atom. The fourth-order valence-electron chi connectivity index (χ4n) is 1.78. The van der Waals surface area contributed by atoms with Crippen LogP contribution in [0.15, 0.2) is 48.5 Å². The van der Waals surface area contributed by atoms with Crippen LogP contribution in [0.5, 0.6) is 5.75 Å². The van der Waals surface area contributed by atoms with E-state index in [4.69, 9.17) is 16.3 Å². The van der Waals surface area contributed by atoms with Crippen molar-refractivity contribution >= 4 is 29.1 Å². The highest BCUT2D eigenvalue weighted by Gasteiger charge is 2.08. The SMILES string of the molecule is CNC(=O)c1cccc(NC(=O)COc2ccccc2Cl)c1. The lowest BCUT2D eigenvalue weighted by Gasteiger charge is -2.09. The third-order valence-electron chi connectivity index (χ3n) is 2.83. The maximum absolute atomic E-state index is 11.9. The second kappa shape index (κ2) is 7.47. The molecule has 0 unspecified atom stereocenters. The maximum Gasteiger partial charge on any atom is 0.262 e. The third kappa shape index (κ3) is 4.23. The molecule has 0 aliphatic rings. The number of para-hydroxylation sites is 1. The number of carbonyl (C=O) groups excluding carboxylic acids is 2.